The Morgan fingerprint density at radius 1 is 1.19 bits per heavy atom. The van der Waals surface area contributed by atoms with Crippen LogP contribution >= 0.6 is 0 Å². The van der Waals surface area contributed by atoms with Gasteiger partial charge >= 0.3 is 6.03 Å². The highest BCUT2D eigenvalue weighted by Crippen LogP contribution is 2.35. The third kappa shape index (κ3) is 4.35. The number of benzene rings is 2. The Morgan fingerprint density at radius 2 is 2.00 bits per heavy atom. The molecule has 26 heavy (non-hydrogen) atoms. The van der Waals surface area contributed by atoms with E-state index in [0.717, 1.165) is 11.3 Å². The summed E-state index contributed by atoms with van der Waals surface area (Å²) in [7, 11) is 0. The van der Waals surface area contributed by atoms with Gasteiger partial charge < -0.3 is 25.3 Å². The highest BCUT2D eigenvalue weighted by molar-refractivity contribution is 5.97. The molecule has 2 aromatic rings. The van der Waals surface area contributed by atoms with Crippen molar-refractivity contribution in [3.63, 3.8) is 0 Å². The lowest BCUT2D eigenvalue weighted by Gasteiger charge is -2.15. The number of hydrogen-bond donors (Lipinski definition) is 3. The van der Waals surface area contributed by atoms with Gasteiger partial charge in [-0.05, 0) is 36.8 Å². The summed E-state index contributed by atoms with van der Waals surface area (Å²) < 4.78 is 16.4. The maximum Gasteiger partial charge on any atom is 0.318 e. The van der Waals surface area contributed by atoms with Crippen molar-refractivity contribution in [2.45, 2.75) is 19.6 Å². The highest BCUT2D eigenvalue weighted by atomic mass is 16.7. The summed E-state index contributed by atoms with van der Waals surface area (Å²) in [5, 5.41) is 5.04. The molecule has 8 nitrogen and oxygen atoms in total. The SMILES string of the molecule is C[C@@H](Nc1cccc(COc2ccc3c(c2)OCO3)c1)C(=O)NC(N)=O. The molecular weight excluding hydrogens is 338 g/mol. The number of amides is 3. The molecule has 0 aliphatic carbocycles. The largest absolute Gasteiger partial charge is 0.489 e. The number of anilines is 1. The Bertz CT molecular complexity index is 824. The molecule has 0 saturated heterocycles. The molecule has 1 atom stereocenters. The van der Waals surface area contributed by atoms with Gasteiger partial charge in [-0.1, -0.05) is 12.1 Å². The molecule has 1 heterocycles. The molecular formula is C18H19N3O5. The lowest BCUT2D eigenvalue weighted by atomic mass is 10.2. The van der Waals surface area contributed by atoms with Crippen molar-refractivity contribution < 1.29 is 23.8 Å². The van der Waals surface area contributed by atoms with Crippen LogP contribution in [0.1, 0.15) is 12.5 Å². The van der Waals surface area contributed by atoms with Crippen LogP contribution in [-0.2, 0) is 11.4 Å². The van der Waals surface area contributed by atoms with E-state index in [1.807, 2.05) is 35.6 Å². The maximum atomic E-state index is 11.7. The summed E-state index contributed by atoms with van der Waals surface area (Å²) in [5.74, 6) is 1.53. The van der Waals surface area contributed by atoms with Crippen LogP contribution in [0.4, 0.5) is 10.5 Å². The minimum Gasteiger partial charge on any atom is -0.489 e. The van der Waals surface area contributed by atoms with Crippen LogP contribution in [0, 0.1) is 0 Å². The first kappa shape index (κ1) is 17.4. The number of nitrogens with one attached hydrogen (secondary N) is 2. The third-order valence-electron chi connectivity index (χ3n) is 3.70. The number of urea groups is 1. The van der Waals surface area contributed by atoms with Crippen molar-refractivity contribution in [3.05, 3.63) is 48.0 Å². The molecule has 0 saturated carbocycles. The number of rotatable bonds is 6. The van der Waals surface area contributed by atoms with E-state index in [2.05, 4.69) is 5.32 Å². The van der Waals surface area contributed by atoms with Gasteiger partial charge in [-0.3, -0.25) is 10.1 Å². The molecule has 1 aliphatic heterocycles. The molecule has 136 valence electrons. The second-order valence-corrected chi connectivity index (χ2v) is 5.72. The second-order valence-electron chi connectivity index (χ2n) is 5.72. The number of nitrogens with two attached hydrogens (primary N) is 1. The summed E-state index contributed by atoms with van der Waals surface area (Å²) in [6.07, 6.45) is 0. The van der Waals surface area contributed by atoms with Crippen molar-refractivity contribution >= 4 is 17.6 Å². The van der Waals surface area contributed by atoms with Gasteiger partial charge in [-0.25, -0.2) is 4.79 Å². The van der Waals surface area contributed by atoms with Gasteiger partial charge in [0.1, 0.15) is 18.4 Å². The fourth-order valence-corrected chi connectivity index (χ4v) is 2.43. The zero-order valence-electron chi connectivity index (χ0n) is 14.2. The molecule has 3 rings (SSSR count). The van der Waals surface area contributed by atoms with Crippen LogP contribution in [0.3, 0.4) is 0 Å². The quantitative estimate of drug-likeness (QED) is 0.729. The van der Waals surface area contributed by atoms with Crippen molar-refractivity contribution in [1.29, 1.82) is 0 Å². The molecule has 0 aromatic heterocycles. The van der Waals surface area contributed by atoms with Crippen LogP contribution in [0.25, 0.3) is 0 Å². The fraction of sp³-hybridized carbons (Fsp3) is 0.222. The van der Waals surface area contributed by atoms with Gasteiger partial charge in [0.25, 0.3) is 0 Å². The molecule has 2 aromatic carbocycles. The monoisotopic (exact) mass is 357 g/mol. The Hall–Kier alpha value is -3.42. The second kappa shape index (κ2) is 7.64. The van der Waals surface area contributed by atoms with E-state index in [0.29, 0.717) is 23.9 Å². The van der Waals surface area contributed by atoms with Crippen molar-refractivity contribution in [1.82, 2.24) is 5.32 Å². The number of primary amides is 1. The van der Waals surface area contributed by atoms with Gasteiger partial charge in [0.2, 0.25) is 12.7 Å². The Kier molecular flexibility index (Phi) is 5.12. The molecule has 0 bridgehead atoms. The molecule has 1 aliphatic rings. The molecule has 3 amide bonds. The molecule has 4 N–H and O–H groups in total. The normalized spacial score (nSPS) is 13.0. The van der Waals surface area contributed by atoms with Gasteiger partial charge in [0.05, 0.1) is 0 Å². The zero-order valence-corrected chi connectivity index (χ0v) is 14.2. The first-order valence-corrected chi connectivity index (χ1v) is 7.99. The predicted molar refractivity (Wildman–Crippen MR) is 94.1 cm³/mol. The van der Waals surface area contributed by atoms with Gasteiger partial charge in [-0.15, -0.1) is 0 Å². The molecule has 0 spiro atoms. The topological polar surface area (TPSA) is 112 Å². The summed E-state index contributed by atoms with van der Waals surface area (Å²) in [6.45, 7) is 2.19. The average molecular weight is 357 g/mol. The summed E-state index contributed by atoms with van der Waals surface area (Å²) >= 11 is 0. The first-order valence-electron chi connectivity index (χ1n) is 7.99. The van der Waals surface area contributed by atoms with E-state index >= 15 is 0 Å². The first-order chi connectivity index (χ1) is 12.5. The zero-order chi connectivity index (χ0) is 18.5. The number of hydrogen-bond acceptors (Lipinski definition) is 6. The van der Waals surface area contributed by atoms with Gasteiger partial charge in [0, 0.05) is 11.8 Å². The van der Waals surface area contributed by atoms with E-state index in [4.69, 9.17) is 19.9 Å². The van der Waals surface area contributed by atoms with E-state index < -0.39 is 18.0 Å². The minimum absolute atomic E-state index is 0.216. The molecule has 0 radical (unpaired) electrons. The van der Waals surface area contributed by atoms with Gasteiger partial charge in [-0.2, -0.15) is 0 Å². The summed E-state index contributed by atoms with van der Waals surface area (Å²) in [6, 6.07) is 11.3. The molecule has 0 unspecified atom stereocenters. The lowest BCUT2D eigenvalue weighted by Crippen LogP contribution is -2.43. The molecule has 8 heteroatoms. The number of imide groups is 1. The van der Waals surface area contributed by atoms with E-state index in [9.17, 15) is 9.59 Å². The average Bonchev–Trinajstić information content (AvgIpc) is 3.07. The highest BCUT2D eigenvalue weighted by Gasteiger charge is 2.15. The Labute approximate surface area is 150 Å². The van der Waals surface area contributed by atoms with Crippen LogP contribution in [0.5, 0.6) is 17.2 Å². The van der Waals surface area contributed by atoms with Gasteiger partial charge in [0.15, 0.2) is 11.5 Å². The van der Waals surface area contributed by atoms with Crippen LogP contribution in [0.2, 0.25) is 0 Å². The summed E-state index contributed by atoms with van der Waals surface area (Å²) in [5.41, 5.74) is 6.58. The van der Waals surface area contributed by atoms with Crippen molar-refractivity contribution in [2.75, 3.05) is 12.1 Å². The van der Waals surface area contributed by atoms with E-state index in [-0.39, 0.29) is 6.79 Å². The predicted octanol–water partition coefficient (Wildman–Crippen LogP) is 1.99. The Balaban J connectivity index is 1.59. The number of carbonyl (C=O) groups excluding carboxylic acids is 2. The summed E-state index contributed by atoms with van der Waals surface area (Å²) in [4.78, 5) is 22.5. The third-order valence-corrected chi connectivity index (χ3v) is 3.70. The van der Waals surface area contributed by atoms with E-state index in [1.165, 1.54) is 0 Å². The number of fused-ring (bicyclic) bond motifs is 1. The van der Waals surface area contributed by atoms with Crippen LogP contribution < -0.4 is 30.6 Å². The number of carbonyl (C=O) groups is 2. The standard InChI is InChI=1S/C18H19N3O5/c1-11(17(22)21-18(19)23)20-13-4-2-3-12(7-13)9-24-14-5-6-15-16(8-14)26-10-25-15/h2-8,11,20H,9-10H2,1H3,(H3,19,21,22,23)/t11-/m1/s1. The van der Waals surface area contributed by atoms with Crippen molar-refractivity contribution in [3.8, 4) is 17.2 Å². The minimum atomic E-state index is -0.880. The maximum absolute atomic E-state index is 11.7. The number of ether oxygens (including phenoxy) is 3. The van der Waals surface area contributed by atoms with Crippen molar-refractivity contribution in [2.24, 2.45) is 5.73 Å². The van der Waals surface area contributed by atoms with Crippen LogP contribution in [-0.4, -0.2) is 24.8 Å². The lowest BCUT2D eigenvalue weighted by molar-refractivity contribution is -0.120. The smallest absolute Gasteiger partial charge is 0.318 e. The molecule has 0 fully saturated rings. The Morgan fingerprint density at radius 3 is 2.81 bits per heavy atom. The van der Waals surface area contributed by atoms with Crippen LogP contribution in [0.15, 0.2) is 42.5 Å². The van der Waals surface area contributed by atoms with E-state index in [1.54, 1.807) is 19.1 Å². The fourth-order valence-electron chi connectivity index (χ4n) is 2.43.